The lowest BCUT2D eigenvalue weighted by atomic mass is 10.2. The van der Waals surface area contributed by atoms with E-state index in [4.69, 9.17) is 9.84 Å². The maximum absolute atomic E-state index is 13.2. The van der Waals surface area contributed by atoms with Gasteiger partial charge in [0.25, 0.3) is 0 Å². The van der Waals surface area contributed by atoms with E-state index in [9.17, 15) is 9.18 Å². The van der Waals surface area contributed by atoms with E-state index in [1.165, 1.54) is 37.1 Å². The van der Waals surface area contributed by atoms with Crippen LogP contribution in [0.1, 0.15) is 18.4 Å². The molecule has 1 fully saturated rings. The van der Waals surface area contributed by atoms with Crippen molar-refractivity contribution in [1.29, 1.82) is 0 Å². The number of ether oxygens (including phenoxy) is 1. The molecule has 0 unspecified atom stereocenters. The zero-order chi connectivity index (χ0) is 14.4. The summed E-state index contributed by atoms with van der Waals surface area (Å²) in [4.78, 5) is 12.8. The number of benzene rings is 1. The minimum absolute atomic E-state index is 0.415. The van der Waals surface area contributed by atoms with Crippen LogP contribution in [-0.2, 0) is 4.79 Å². The van der Waals surface area contributed by atoms with Crippen LogP contribution in [0, 0.1) is 5.82 Å². The molecule has 1 N–H and O–H groups in total. The van der Waals surface area contributed by atoms with Gasteiger partial charge in [-0.25, -0.2) is 9.18 Å². The van der Waals surface area contributed by atoms with E-state index in [2.05, 4.69) is 4.90 Å². The van der Waals surface area contributed by atoms with Crippen molar-refractivity contribution in [2.75, 3.05) is 26.2 Å². The molecule has 20 heavy (non-hydrogen) atoms. The van der Waals surface area contributed by atoms with Crippen molar-refractivity contribution in [3.05, 3.63) is 35.7 Å². The molecule has 0 atom stereocenters. The third-order valence-electron chi connectivity index (χ3n) is 3.24. The molecule has 5 heteroatoms. The highest BCUT2D eigenvalue weighted by Gasteiger charge is 2.11. The Bertz CT molecular complexity index is 496. The first-order valence-electron chi connectivity index (χ1n) is 6.71. The molecule has 0 aliphatic carbocycles. The Morgan fingerprint density at radius 3 is 2.85 bits per heavy atom. The Hall–Kier alpha value is -1.88. The van der Waals surface area contributed by atoms with Gasteiger partial charge in [-0.2, -0.15) is 0 Å². The minimum atomic E-state index is -1.07. The molecule has 0 saturated carbocycles. The van der Waals surface area contributed by atoms with Crippen LogP contribution in [0.4, 0.5) is 4.39 Å². The van der Waals surface area contributed by atoms with Crippen LogP contribution in [-0.4, -0.2) is 42.2 Å². The van der Waals surface area contributed by atoms with E-state index in [1.54, 1.807) is 0 Å². The maximum atomic E-state index is 13.2. The van der Waals surface area contributed by atoms with E-state index >= 15 is 0 Å². The first-order chi connectivity index (χ1) is 9.65. The molecule has 4 nitrogen and oxygen atoms in total. The Morgan fingerprint density at radius 1 is 1.40 bits per heavy atom. The lowest BCUT2D eigenvalue weighted by molar-refractivity contribution is -0.131. The predicted molar refractivity (Wildman–Crippen MR) is 74.2 cm³/mol. The quantitative estimate of drug-likeness (QED) is 0.812. The number of halogens is 1. The molecule has 1 saturated heterocycles. The zero-order valence-corrected chi connectivity index (χ0v) is 11.2. The van der Waals surface area contributed by atoms with Crippen LogP contribution in [0.25, 0.3) is 6.08 Å². The van der Waals surface area contributed by atoms with E-state index in [1.807, 2.05) is 0 Å². The summed E-state index contributed by atoms with van der Waals surface area (Å²) in [7, 11) is 0. The molecule has 0 bridgehead atoms. The zero-order valence-electron chi connectivity index (χ0n) is 11.2. The molecule has 1 heterocycles. The van der Waals surface area contributed by atoms with Gasteiger partial charge in [-0.15, -0.1) is 0 Å². The molecule has 0 spiro atoms. The fourth-order valence-electron chi connectivity index (χ4n) is 2.23. The molecular weight excluding hydrogens is 261 g/mol. The molecule has 0 aromatic heterocycles. The molecule has 0 radical (unpaired) electrons. The number of likely N-dealkylation sites (tertiary alicyclic amines) is 1. The lowest BCUT2D eigenvalue weighted by Crippen LogP contribution is -2.25. The number of aliphatic carboxylic acids is 1. The van der Waals surface area contributed by atoms with E-state index < -0.39 is 11.8 Å². The summed E-state index contributed by atoms with van der Waals surface area (Å²) in [6, 6.07) is 4.11. The fraction of sp³-hybridized carbons (Fsp3) is 0.400. The van der Waals surface area contributed by atoms with Crippen molar-refractivity contribution in [3.8, 4) is 5.75 Å². The number of hydrogen-bond acceptors (Lipinski definition) is 3. The van der Waals surface area contributed by atoms with Crippen LogP contribution in [0.3, 0.4) is 0 Å². The van der Waals surface area contributed by atoms with Crippen LogP contribution in [0.15, 0.2) is 24.3 Å². The van der Waals surface area contributed by atoms with Gasteiger partial charge in [-0.3, -0.25) is 4.90 Å². The van der Waals surface area contributed by atoms with Crippen molar-refractivity contribution in [1.82, 2.24) is 4.90 Å². The maximum Gasteiger partial charge on any atom is 0.328 e. The van der Waals surface area contributed by atoms with Gasteiger partial charge in [0.15, 0.2) is 0 Å². The third-order valence-corrected chi connectivity index (χ3v) is 3.24. The summed E-state index contributed by atoms with van der Waals surface area (Å²) < 4.78 is 18.8. The average Bonchev–Trinajstić information content (AvgIpc) is 2.91. The molecular formula is C15H18FNO3. The molecule has 0 amide bonds. The molecule has 2 rings (SSSR count). The second kappa shape index (κ2) is 7.05. The summed E-state index contributed by atoms with van der Waals surface area (Å²) in [5.41, 5.74) is 0.439. The summed E-state index contributed by atoms with van der Waals surface area (Å²) in [6.07, 6.45) is 4.77. The van der Waals surface area contributed by atoms with Crippen LogP contribution < -0.4 is 4.74 Å². The second-order valence-electron chi connectivity index (χ2n) is 4.75. The Morgan fingerprint density at radius 2 is 2.15 bits per heavy atom. The van der Waals surface area contributed by atoms with Gasteiger partial charge in [-0.05, 0) is 50.2 Å². The second-order valence-corrected chi connectivity index (χ2v) is 4.75. The van der Waals surface area contributed by atoms with Crippen molar-refractivity contribution in [2.24, 2.45) is 0 Å². The van der Waals surface area contributed by atoms with Crippen LogP contribution >= 0.6 is 0 Å². The van der Waals surface area contributed by atoms with E-state index in [0.717, 1.165) is 25.7 Å². The average molecular weight is 279 g/mol. The fourth-order valence-corrected chi connectivity index (χ4v) is 2.23. The van der Waals surface area contributed by atoms with Crippen LogP contribution in [0.2, 0.25) is 0 Å². The third kappa shape index (κ3) is 4.35. The molecule has 108 valence electrons. The number of rotatable bonds is 6. The largest absolute Gasteiger partial charge is 0.492 e. The minimum Gasteiger partial charge on any atom is -0.492 e. The van der Waals surface area contributed by atoms with Gasteiger partial charge in [0.2, 0.25) is 0 Å². The van der Waals surface area contributed by atoms with Crippen molar-refractivity contribution in [3.63, 3.8) is 0 Å². The molecule has 1 aromatic carbocycles. The smallest absolute Gasteiger partial charge is 0.328 e. The Kier molecular flexibility index (Phi) is 5.12. The van der Waals surface area contributed by atoms with Gasteiger partial charge in [0.1, 0.15) is 18.2 Å². The van der Waals surface area contributed by atoms with Gasteiger partial charge in [0, 0.05) is 18.2 Å². The van der Waals surface area contributed by atoms with Gasteiger partial charge < -0.3 is 9.84 Å². The highest BCUT2D eigenvalue weighted by atomic mass is 19.1. The van der Waals surface area contributed by atoms with Crippen LogP contribution in [0.5, 0.6) is 5.75 Å². The number of nitrogens with zero attached hydrogens (tertiary/aromatic N) is 1. The van der Waals surface area contributed by atoms with Crippen molar-refractivity contribution in [2.45, 2.75) is 12.8 Å². The normalized spacial score (nSPS) is 15.8. The van der Waals surface area contributed by atoms with E-state index in [-0.39, 0.29) is 0 Å². The molecule has 1 aliphatic heterocycles. The summed E-state index contributed by atoms with van der Waals surface area (Å²) in [6.45, 7) is 3.54. The Balaban J connectivity index is 1.96. The lowest BCUT2D eigenvalue weighted by Gasteiger charge is -2.15. The number of carboxylic acid groups (broad SMARTS) is 1. The monoisotopic (exact) mass is 279 g/mol. The standard InChI is InChI=1S/C15H18FNO3/c16-13-4-5-14(12(11-13)3-6-15(18)19)20-10-9-17-7-1-2-8-17/h3-6,11H,1-2,7-10H2,(H,18,19)/b6-3+. The van der Waals surface area contributed by atoms with E-state index in [0.29, 0.717) is 17.9 Å². The highest BCUT2D eigenvalue weighted by Crippen LogP contribution is 2.21. The first-order valence-corrected chi connectivity index (χ1v) is 6.71. The number of carboxylic acids is 1. The van der Waals surface area contributed by atoms with Crippen molar-refractivity contribution >= 4 is 12.0 Å². The highest BCUT2D eigenvalue weighted by molar-refractivity contribution is 5.85. The van der Waals surface area contributed by atoms with Gasteiger partial charge in [-0.1, -0.05) is 0 Å². The van der Waals surface area contributed by atoms with Crippen molar-refractivity contribution < 1.29 is 19.0 Å². The van der Waals surface area contributed by atoms with Gasteiger partial charge >= 0.3 is 5.97 Å². The SMILES string of the molecule is O=C(O)/C=C/c1cc(F)ccc1OCCN1CCCC1. The number of carbonyl (C=O) groups is 1. The number of hydrogen-bond donors (Lipinski definition) is 1. The summed E-state index contributed by atoms with van der Waals surface area (Å²) >= 11 is 0. The first kappa shape index (κ1) is 14.5. The topological polar surface area (TPSA) is 49.8 Å². The van der Waals surface area contributed by atoms with Gasteiger partial charge in [0.05, 0.1) is 0 Å². The molecule has 1 aliphatic rings. The Labute approximate surface area is 117 Å². The molecule has 1 aromatic rings. The predicted octanol–water partition coefficient (Wildman–Crippen LogP) is 2.40. The summed E-state index contributed by atoms with van der Waals surface area (Å²) in [5, 5.41) is 8.63. The summed E-state index contributed by atoms with van der Waals surface area (Å²) in [5.74, 6) is -0.984.